The molecule has 0 aliphatic rings. The number of hydrogen-bond donors (Lipinski definition) is 1. The molecule has 2 aromatic rings. The number of halogens is 5. The van der Waals surface area contributed by atoms with Gasteiger partial charge >= 0.3 is 0 Å². The highest BCUT2D eigenvalue weighted by molar-refractivity contribution is 9.10. The second-order valence-corrected chi connectivity index (χ2v) is 6.25. The Labute approximate surface area is 137 Å². The lowest BCUT2D eigenvalue weighted by Gasteiger charge is -2.18. The molecule has 0 bridgehead atoms. The van der Waals surface area contributed by atoms with Gasteiger partial charge in [-0.2, -0.15) is 0 Å². The Morgan fingerprint density at radius 2 is 1.67 bits per heavy atom. The van der Waals surface area contributed by atoms with Crippen molar-refractivity contribution in [2.75, 3.05) is 7.05 Å². The normalized spacial score (nSPS) is 12.5. The van der Waals surface area contributed by atoms with Crippen LogP contribution in [0, 0.1) is 17.5 Å². The average Bonchev–Trinajstić information content (AvgIpc) is 2.47. The fourth-order valence-corrected chi connectivity index (χ4v) is 2.84. The van der Waals surface area contributed by atoms with Crippen molar-refractivity contribution in [3.63, 3.8) is 0 Å². The van der Waals surface area contributed by atoms with E-state index in [1.54, 1.807) is 19.2 Å². The van der Waals surface area contributed by atoms with Crippen LogP contribution in [0.4, 0.5) is 13.2 Å². The molecule has 0 amide bonds. The zero-order chi connectivity index (χ0) is 15.6. The van der Waals surface area contributed by atoms with Gasteiger partial charge < -0.3 is 5.32 Å². The standard InChI is InChI=1S/C15H12Br2F3N/c1-21-14(8-2-4-13(19)11(17)6-8)7-9-12(18)5-3-10(16)15(9)20/h2-6,14,21H,7H2,1H3. The van der Waals surface area contributed by atoms with E-state index in [4.69, 9.17) is 0 Å². The van der Waals surface area contributed by atoms with Gasteiger partial charge in [-0.3, -0.25) is 0 Å². The lowest BCUT2D eigenvalue weighted by Crippen LogP contribution is -2.20. The van der Waals surface area contributed by atoms with Crippen LogP contribution < -0.4 is 5.32 Å². The van der Waals surface area contributed by atoms with Gasteiger partial charge in [-0.05, 0) is 75.2 Å². The molecule has 0 aliphatic carbocycles. The topological polar surface area (TPSA) is 12.0 Å². The summed E-state index contributed by atoms with van der Waals surface area (Å²) in [7, 11) is 1.69. The smallest absolute Gasteiger partial charge is 0.143 e. The summed E-state index contributed by atoms with van der Waals surface area (Å²) in [5, 5.41) is 3.00. The van der Waals surface area contributed by atoms with Gasteiger partial charge in [0.1, 0.15) is 17.5 Å². The van der Waals surface area contributed by atoms with E-state index in [-0.39, 0.29) is 28.3 Å². The molecule has 1 nitrogen and oxygen atoms in total. The highest BCUT2D eigenvalue weighted by atomic mass is 79.9. The van der Waals surface area contributed by atoms with Crippen LogP contribution in [0.1, 0.15) is 17.2 Å². The molecule has 6 heteroatoms. The predicted octanol–water partition coefficient (Wildman–Crippen LogP) is 5.13. The Balaban J connectivity index is 2.35. The summed E-state index contributed by atoms with van der Waals surface area (Å²) in [4.78, 5) is 0. The van der Waals surface area contributed by atoms with Crippen LogP contribution in [0.2, 0.25) is 0 Å². The maximum Gasteiger partial charge on any atom is 0.143 e. The molecule has 1 unspecified atom stereocenters. The van der Waals surface area contributed by atoms with Crippen LogP contribution in [0.25, 0.3) is 0 Å². The van der Waals surface area contributed by atoms with E-state index in [0.717, 1.165) is 5.56 Å². The predicted molar refractivity (Wildman–Crippen MR) is 83.7 cm³/mol. The Morgan fingerprint density at radius 1 is 1.00 bits per heavy atom. The first kappa shape index (κ1) is 16.5. The highest BCUT2D eigenvalue weighted by Gasteiger charge is 2.18. The van der Waals surface area contributed by atoms with Gasteiger partial charge in [0.2, 0.25) is 0 Å². The molecule has 0 heterocycles. The summed E-state index contributed by atoms with van der Waals surface area (Å²) in [6, 6.07) is 6.73. The molecule has 0 saturated heterocycles. The number of benzene rings is 2. The van der Waals surface area contributed by atoms with Gasteiger partial charge in [-0.15, -0.1) is 0 Å². The van der Waals surface area contributed by atoms with Gasteiger partial charge in [0.05, 0.1) is 8.95 Å². The van der Waals surface area contributed by atoms with Gasteiger partial charge in [-0.1, -0.05) is 6.07 Å². The van der Waals surface area contributed by atoms with Crippen LogP contribution in [0.5, 0.6) is 0 Å². The summed E-state index contributed by atoms with van der Waals surface area (Å²) >= 11 is 6.16. The number of nitrogens with one attached hydrogen (secondary N) is 1. The van der Waals surface area contributed by atoms with Gasteiger partial charge in [-0.25, -0.2) is 13.2 Å². The first-order valence-corrected chi connectivity index (χ1v) is 7.77. The van der Waals surface area contributed by atoms with E-state index in [0.29, 0.717) is 4.47 Å². The molecule has 0 spiro atoms. The molecular formula is C15H12Br2F3N. The Bertz CT molecular complexity index is 662. The molecule has 0 radical (unpaired) electrons. The van der Waals surface area contributed by atoms with E-state index in [9.17, 15) is 13.2 Å². The molecule has 1 atom stereocenters. The molecule has 21 heavy (non-hydrogen) atoms. The van der Waals surface area contributed by atoms with Crippen molar-refractivity contribution >= 4 is 31.9 Å². The maximum atomic E-state index is 14.0. The van der Waals surface area contributed by atoms with Crippen LogP contribution in [0.3, 0.4) is 0 Å². The Hall–Kier alpha value is -0.850. The van der Waals surface area contributed by atoms with Crippen molar-refractivity contribution in [2.45, 2.75) is 12.5 Å². The summed E-state index contributed by atoms with van der Waals surface area (Å²) < 4.78 is 41.7. The quantitative estimate of drug-likeness (QED) is 0.673. The largest absolute Gasteiger partial charge is 0.313 e. The van der Waals surface area contributed by atoms with E-state index in [2.05, 4.69) is 37.2 Å². The summed E-state index contributed by atoms with van der Waals surface area (Å²) in [5.74, 6) is -1.60. The fourth-order valence-electron chi connectivity index (χ4n) is 2.08. The van der Waals surface area contributed by atoms with Crippen molar-refractivity contribution < 1.29 is 13.2 Å². The second kappa shape index (κ2) is 6.94. The minimum atomic E-state index is -0.614. The molecule has 1 N–H and O–H groups in total. The van der Waals surface area contributed by atoms with Crippen LogP contribution in [-0.4, -0.2) is 7.05 Å². The van der Waals surface area contributed by atoms with E-state index >= 15 is 0 Å². The Morgan fingerprint density at radius 3 is 2.29 bits per heavy atom. The average molecular weight is 423 g/mol. The first-order chi connectivity index (χ1) is 9.93. The molecule has 2 rings (SSSR count). The number of rotatable bonds is 4. The zero-order valence-electron chi connectivity index (χ0n) is 11.1. The van der Waals surface area contributed by atoms with E-state index in [1.807, 2.05) is 0 Å². The van der Waals surface area contributed by atoms with E-state index < -0.39 is 11.6 Å². The number of hydrogen-bond acceptors (Lipinski definition) is 1. The SMILES string of the molecule is CNC(Cc1c(F)ccc(Br)c1F)c1ccc(F)c(Br)c1. The molecule has 112 valence electrons. The number of likely N-dealkylation sites (N-methyl/N-ethyl adjacent to an activating group) is 1. The molecule has 0 fully saturated rings. The van der Waals surface area contributed by atoms with Crippen molar-refractivity contribution in [1.82, 2.24) is 5.32 Å². The Kier molecular flexibility index (Phi) is 5.46. The van der Waals surface area contributed by atoms with Gasteiger partial charge in [0, 0.05) is 11.6 Å². The molecular weight excluding hydrogens is 411 g/mol. The van der Waals surface area contributed by atoms with Crippen molar-refractivity contribution in [2.24, 2.45) is 0 Å². The van der Waals surface area contributed by atoms with Crippen molar-refractivity contribution in [3.05, 3.63) is 67.9 Å². The molecule has 0 aromatic heterocycles. The summed E-state index contributed by atoms with van der Waals surface area (Å²) in [5.41, 5.74) is 0.730. The molecule has 0 aliphatic heterocycles. The molecule has 0 saturated carbocycles. The monoisotopic (exact) mass is 421 g/mol. The summed E-state index contributed by atoms with van der Waals surface area (Å²) in [6.07, 6.45) is 0.117. The lowest BCUT2D eigenvalue weighted by molar-refractivity contribution is 0.511. The minimum Gasteiger partial charge on any atom is -0.313 e. The van der Waals surface area contributed by atoms with Crippen LogP contribution >= 0.6 is 31.9 Å². The third-order valence-electron chi connectivity index (χ3n) is 3.24. The van der Waals surface area contributed by atoms with Crippen molar-refractivity contribution in [3.8, 4) is 0 Å². The van der Waals surface area contributed by atoms with Gasteiger partial charge in [0.15, 0.2) is 0 Å². The summed E-state index contributed by atoms with van der Waals surface area (Å²) in [6.45, 7) is 0. The van der Waals surface area contributed by atoms with E-state index in [1.165, 1.54) is 18.2 Å². The third kappa shape index (κ3) is 3.67. The maximum absolute atomic E-state index is 14.0. The minimum absolute atomic E-state index is 0.0100. The van der Waals surface area contributed by atoms with Crippen LogP contribution in [0.15, 0.2) is 39.3 Å². The first-order valence-electron chi connectivity index (χ1n) is 6.18. The molecule has 2 aromatic carbocycles. The van der Waals surface area contributed by atoms with Gasteiger partial charge in [0.25, 0.3) is 0 Å². The third-order valence-corrected chi connectivity index (χ3v) is 4.46. The second-order valence-electron chi connectivity index (χ2n) is 4.54. The fraction of sp³-hybridized carbons (Fsp3) is 0.200. The van der Waals surface area contributed by atoms with Crippen molar-refractivity contribution in [1.29, 1.82) is 0 Å². The highest BCUT2D eigenvalue weighted by Crippen LogP contribution is 2.28. The lowest BCUT2D eigenvalue weighted by atomic mass is 9.98. The zero-order valence-corrected chi connectivity index (χ0v) is 14.2. The van der Waals surface area contributed by atoms with Crippen LogP contribution in [-0.2, 0) is 6.42 Å².